The van der Waals surface area contributed by atoms with Gasteiger partial charge in [-0.3, -0.25) is 9.59 Å². The highest BCUT2D eigenvalue weighted by Gasteiger charge is 2.29. The molecule has 4 rings (SSSR count). The van der Waals surface area contributed by atoms with E-state index in [9.17, 15) is 14.7 Å². The predicted molar refractivity (Wildman–Crippen MR) is 131 cm³/mol. The van der Waals surface area contributed by atoms with E-state index in [4.69, 9.17) is 0 Å². The van der Waals surface area contributed by atoms with E-state index < -0.39 is 0 Å². The zero-order valence-corrected chi connectivity index (χ0v) is 19.0. The summed E-state index contributed by atoms with van der Waals surface area (Å²) in [5.41, 5.74) is 5.12. The number of aryl methyl sites for hydroxylation is 1. The van der Waals surface area contributed by atoms with Crippen LogP contribution in [0.15, 0.2) is 66.7 Å². The fourth-order valence-corrected chi connectivity index (χ4v) is 4.14. The number of hydrogen-bond acceptors (Lipinski definition) is 4. The van der Waals surface area contributed by atoms with Gasteiger partial charge in [-0.15, -0.1) is 0 Å². The van der Waals surface area contributed by atoms with Gasteiger partial charge < -0.3 is 20.6 Å². The molecule has 3 aromatic rings. The number of piperidine rings is 1. The molecular weight excluding hydrogens is 414 g/mol. The number of nitrogens with one attached hydrogen (secondary N) is 2. The number of nitrogens with zero attached hydrogens (tertiary/aromatic N) is 1. The highest BCUT2D eigenvalue weighted by atomic mass is 16.3. The Morgan fingerprint density at radius 3 is 2.21 bits per heavy atom. The number of likely N-dealkylation sites (tertiary alicyclic amines) is 1. The molecule has 0 aromatic heterocycles. The maximum absolute atomic E-state index is 13.3. The van der Waals surface area contributed by atoms with Crippen molar-refractivity contribution in [2.24, 2.45) is 5.92 Å². The number of phenolic OH excluding ortho intramolecular Hbond substituents is 1. The van der Waals surface area contributed by atoms with Crippen molar-refractivity contribution in [3.63, 3.8) is 0 Å². The first-order chi connectivity index (χ1) is 15.9. The fourth-order valence-electron chi connectivity index (χ4n) is 4.14. The van der Waals surface area contributed by atoms with E-state index in [2.05, 4.69) is 30.5 Å². The Morgan fingerprint density at radius 1 is 0.848 bits per heavy atom. The van der Waals surface area contributed by atoms with E-state index in [1.54, 1.807) is 24.3 Å². The highest BCUT2D eigenvalue weighted by molar-refractivity contribution is 6.00. The number of aromatic hydroxyl groups is 1. The van der Waals surface area contributed by atoms with E-state index in [0.717, 1.165) is 16.9 Å². The van der Waals surface area contributed by atoms with Gasteiger partial charge in [0.05, 0.1) is 16.9 Å². The molecule has 6 nitrogen and oxygen atoms in total. The smallest absolute Gasteiger partial charge is 0.255 e. The molecule has 33 heavy (non-hydrogen) atoms. The third kappa shape index (κ3) is 5.00. The number of hydrogen-bond donors (Lipinski definition) is 3. The maximum atomic E-state index is 13.3. The lowest BCUT2D eigenvalue weighted by molar-refractivity contribution is -0.121. The van der Waals surface area contributed by atoms with E-state index in [0.29, 0.717) is 37.2 Å². The van der Waals surface area contributed by atoms with Gasteiger partial charge in [-0.2, -0.15) is 0 Å². The summed E-state index contributed by atoms with van der Waals surface area (Å²) in [5, 5.41) is 16.1. The molecule has 0 bridgehead atoms. The van der Waals surface area contributed by atoms with Gasteiger partial charge >= 0.3 is 0 Å². The number of carbonyl (C=O) groups excluding carboxylic acids is 2. The predicted octanol–water partition coefficient (Wildman–Crippen LogP) is 5.24. The Balaban J connectivity index is 1.41. The zero-order chi connectivity index (χ0) is 23.4. The summed E-state index contributed by atoms with van der Waals surface area (Å²) in [6, 6.07) is 20.3. The SMILES string of the molecule is Cc1cccc(Nc2ccccc2C(=O)N2CCC(C(=O)Nc3ccccc3O)CC2)c1C. The summed E-state index contributed by atoms with van der Waals surface area (Å²) in [7, 11) is 0. The monoisotopic (exact) mass is 443 g/mol. The first-order valence-corrected chi connectivity index (χ1v) is 11.2. The van der Waals surface area contributed by atoms with E-state index in [1.807, 2.05) is 41.3 Å². The Bertz CT molecular complexity index is 1170. The first kappa shape index (κ1) is 22.4. The Morgan fingerprint density at radius 2 is 1.48 bits per heavy atom. The summed E-state index contributed by atoms with van der Waals surface area (Å²) < 4.78 is 0. The van der Waals surface area contributed by atoms with Gasteiger partial charge in [0.15, 0.2) is 0 Å². The van der Waals surface area contributed by atoms with Crippen LogP contribution in [0.1, 0.15) is 34.3 Å². The zero-order valence-electron chi connectivity index (χ0n) is 19.0. The summed E-state index contributed by atoms with van der Waals surface area (Å²) in [4.78, 5) is 27.8. The van der Waals surface area contributed by atoms with E-state index in [1.165, 1.54) is 5.56 Å². The topological polar surface area (TPSA) is 81.7 Å². The third-order valence-corrected chi connectivity index (χ3v) is 6.35. The molecule has 1 fully saturated rings. The molecule has 1 aliphatic heterocycles. The normalized spacial score (nSPS) is 14.1. The minimum Gasteiger partial charge on any atom is -0.506 e. The second-order valence-corrected chi connectivity index (χ2v) is 8.49. The Kier molecular flexibility index (Phi) is 6.63. The first-order valence-electron chi connectivity index (χ1n) is 11.2. The van der Waals surface area contributed by atoms with Crippen LogP contribution in [0, 0.1) is 19.8 Å². The molecule has 1 saturated heterocycles. The third-order valence-electron chi connectivity index (χ3n) is 6.35. The molecular formula is C27H29N3O3. The highest BCUT2D eigenvalue weighted by Crippen LogP contribution is 2.28. The number of phenols is 1. The van der Waals surface area contributed by atoms with Crippen molar-refractivity contribution in [3.05, 3.63) is 83.4 Å². The van der Waals surface area contributed by atoms with Crippen molar-refractivity contribution in [2.45, 2.75) is 26.7 Å². The lowest BCUT2D eigenvalue weighted by Gasteiger charge is -2.32. The van der Waals surface area contributed by atoms with Crippen LogP contribution in [0.5, 0.6) is 5.75 Å². The largest absolute Gasteiger partial charge is 0.506 e. The molecule has 0 saturated carbocycles. The van der Waals surface area contributed by atoms with Crippen molar-refractivity contribution >= 4 is 28.9 Å². The van der Waals surface area contributed by atoms with Crippen LogP contribution >= 0.6 is 0 Å². The second kappa shape index (κ2) is 9.77. The maximum Gasteiger partial charge on any atom is 0.255 e. The van der Waals surface area contributed by atoms with Crippen LogP contribution in [0.4, 0.5) is 17.1 Å². The number of amides is 2. The van der Waals surface area contributed by atoms with Crippen molar-refractivity contribution in [1.82, 2.24) is 4.90 Å². The molecule has 3 N–H and O–H groups in total. The molecule has 1 heterocycles. The molecule has 0 aliphatic carbocycles. The Labute approximate surface area is 194 Å². The molecule has 0 atom stereocenters. The molecule has 0 spiro atoms. The summed E-state index contributed by atoms with van der Waals surface area (Å²) >= 11 is 0. The number of carbonyl (C=O) groups is 2. The number of benzene rings is 3. The van der Waals surface area contributed by atoms with Gasteiger partial charge in [-0.1, -0.05) is 36.4 Å². The van der Waals surface area contributed by atoms with Crippen LogP contribution in [0.3, 0.4) is 0 Å². The van der Waals surface area contributed by atoms with E-state index >= 15 is 0 Å². The number of para-hydroxylation sites is 3. The summed E-state index contributed by atoms with van der Waals surface area (Å²) in [6.07, 6.45) is 1.16. The standard InChI is InChI=1S/C27H29N3O3/c1-18-8-7-12-22(19(18)2)28-23-10-4-3-9-21(23)27(33)30-16-14-20(15-17-30)26(32)29-24-11-5-6-13-25(24)31/h3-13,20,28,31H,14-17H2,1-2H3,(H,29,32). The van der Waals surface area contributed by atoms with E-state index in [-0.39, 0.29) is 23.5 Å². The van der Waals surface area contributed by atoms with Gasteiger partial charge in [0.25, 0.3) is 5.91 Å². The van der Waals surface area contributed by atoms with Crippen molar-refractivity contribution < 1.29 is 14.7 Å². The average Bonchev–Trinajstić information content (AvgIpc) is 2.83. The quantitative estimate of drug-likeness (QED) is 0.471. The molecule has 3 aromatic carbocycles. The van der Waals surface area contributed by atoms with Crippen molar-refractivity contribution in [2.75, 3.05) is 23.7 Å². The van der Waals surface area contributed by atoms with Gasteiger partial charge in [0.1, 0.15) is 5.75 Å². The molecule has 170 valence electrons. The minimum atomic E-state index is -0.197. The van der Waals surface area contributed by atoms with Gasteiger partial charge in [0, 0.05) is 24.7 Å². The van der Waals surface area contributed by atoms with Gasteiger partial charge in [-0.25, -0.2) is 0 Å². The number of rotatable bonds is 5. The molecule has 0 radical (unpaired) electrons. The van der Waals surface area contributed by atoms with Crippen molar-refractivity contribution in [3.8, 4) is 5.75 Å². The molecule has 1 aliphatic rings. The minimum absolute atomic E-state index is 0.0389. The van der Waals surface area contributed by atoms with Crippen LogP contribution in [0.2, 0.25) is 0 Å². The van der Waals surface area contributed by atoms with Crippen LogP contribution in [-0.4, -0.2) is 34.9 Å². The fraction of sp³-hybridized carbons (Fsp3) is 0.259. The molecule has 0 unspecified atom stereocenters. The van der Waals surface area contributed by atoms with Gasteiger partial charge in [-0.05, 0) is 68.1 Å². The number of anilines is 3. The van der Waals surface area contributed by atoms with Crippen LogP contribution in [0.25, 0.3) is 0 Å². The van der Waals surface area contributed by atoms with Gasteiger partial charge in [0.2, 0.25) is 5.91 Å². The summed E-state index contributed by atoms with van der Waals surface area (Å²) in [5.74, 6) is -0.313. The summed E-state index contributed by atoms with van der Waals surface area (Å²) in [6.45, 7) is 5.15. The second-order valence-electron chi connectivity index (χ2n) is 8.49. The Hall–Kier alpha value is -3.80. The lowest BCUT2D eigenvalue weighted by atomic mass is 9.95. The average molecular weight is 444 g/mol. The van der Waals surface area contributed by atoms with Crippen LogP contribution in [-0.2, 0) is 4.79 Å². The van der Waals surface area contributed by atoms with Crippen LogP contribution < -0.4 is 10.6 Å². The van der Waals surface area contributed by atoms with Crippen molar-refractivity contribution in [1.29, 1.82) is 0 Å². The lowest BCUT2D eigenvalue weighted by Crippen LogP contribution is -2.41. The molecule has 2 amide bonds. The molecule has 6 heteroatoms.